The van der Waals surface area contributed by atoms with Crippen molar-refractivity contribution in [1.82, 2.24) is 5.32 Å². The van der Waals surface area contributed by atoms with Gasteiger partial charge in [0.05, 0.1) is 16.8 Å². The fraction of sp³-hybridized carbons (Fsp3) is 0.269. The summed E-state index contributed by atoms with van der Waals surface area (Å²) in [6.07, 6.45) is 0.850. The molecule has 4 nitrogen and oxygen atoms in total. The lowest BCUT2D eigenvalue weighted by molar-refractivity contribution is -0.130. The minimum Gasteiger partial charge on any atom is -0.492 e. The normalized spacial score (nSPS) is 12.7. The van der Waals surface area contributed by atoms with Crippen molar-refractivity contribution in [2.75, 3.05) is 24.6 Å². The molecule has 0 aromatic heterocycles. The van der Waals surface area contributed by atoms with E-state index in [1.807, 2.05) is 49.9 Å². The third-order valence-corrected chi connectivity index (χ3v) is 7.06. The highest BCUT2D eigenvalue weighted by atomic mass is 79.9. The molecule has 0 atom stereocenters. The summed E-state index contributed by atoms with van der Waals surface area (Å²) >= 11 is 5.23. The summed E-state index contributed by atoms with van der Waals surface area (Å²) in [6, 6.07) is 24.6. The molecular formula is C26H27BrN2O2S. The number of halogens is 1. The second kappa shape index (κ2) is 10.0. The Labute approximate surface area is 202 Å². The third kappa shape index (κ3) is 5.30. The first-order chi connectivity index (χ1) is 15.4. The molecule has 1 amide bonds. The van der Waals surface area contributed by atoms with Gasteiger partial charge in [-0.3, -0.25) is 4.79 Å². The topological polar surface area (TPSA) is 41.6 Å². The number of fused-ring (bicyclic) bond motifs is 2. The average molecular weight is 511 g/mol. The second-order valence-corrected chi connectivity index (χ2v) is 10.4. The smallest absolute Gasteiger partial charge is 0.229 e. The summed E-state index contributed by atoms with van der Waals surface area (Å²) < 4.78 is 6.83. The molecule has 166 valence electrons. The summed E-state index contributed by atoms with van der Waals surface area (Å²) in [7, 11) is 0. The summed E-state index contributed by atoms with van der Waals surface area (Å²) in [5.41, 5.74) is 1.84. The van der Waals surface area contributed by atoms with Crippen LogP contribution in [0.1, 0.15) is 20.3 Å². The quantitative estimate of drug-likeness (QED) is 0.344. The minimum absolute atomic E-state index is 0.00427. The summed E-state index contributed by atoms with van der Waals surface area (Å²) in [5.74, 6) is 0.763. The number of nitrogens with zero attached hydrogens (tertiary/aromatic N) is 1. The zero-order chi connectivity index (χ0) is 22.6. The molecule has 0 spiro atoms. The molecule has 3 aromatic rings. The lowest BCUT2D eigenvalue weighted by atomic mass is 9.93. The first kappa shape index (κ1) is 22.7. The van der Waals surface area contributed by atoms with Crippen LogP contribution >= 0.6 is 27.7 Å². The lowest BCUT2D eigenvalue weighted by Gasteiger charge is -2.33. The molecule has 4 rings (SSSR count). The van der Waals surface area contributed by atoms with Crippen molar-refractivity contribution in [2.24, 2.45) is 5.41 Å². The van der Waals surface area contributed by atoms with Crippen LogP contribution in [-0.4, -0.2) is 25.6 Å². The Hall–Kier alpha value is -2.44. The molecule has 0 bridgehead atoms. The van der Waals surface area contributed by atoms with Gasteiger partial charge in [0.1, 0.15) is 12.4 Å². The Balaban J connectivity index is 1.31. The Morgan fingerprint density at radius 1 is 0.969 bits per heavy atom. The molecule has 1 N–H and O–H groups in total. The molecule has 0 saturated carbocycles. The number of anilines is 2. The van der Waals surface area contributed by atoms with Crippen molar-refractivity contribution in [3.63, 3.8) is 0 Å². The molecule has 1 aliphatic heterocycles. The lowest BCUT2D eigenvalue weighted by Crippen LogP contribution is -2.41. The first-order valence-electron chi connectivity index (χ1n) is 10.7. The minimum atomic E-state index is -0.617. The summed E-state index contributed by atoms with van der Waals surface area (Å²) in [6.45, 7) is 5.61. The molecule has 32 heavy (non-hydrogen) atoms. The van der Waals surface area contributed by atoms with E-state index in [2.05, 4.69) is 74.7 Å². The highest BCUT2D eigenvalue weighted by molar-refractivity contribution is 9.10. The average Bonchev–Trinajstić information content (AvgIpc) is 2.80. The van der Waals surface area contributed by atoms with Gasteiger partial charge < -0.3 is 15.0 Å². The van der Waals surface area contributed by atoms with Gasteiger partial charge in [-0.05, 0) is 68.8 Å². The maximum Gasteiger partial charge on any atom is 0.229 e. The van der Waals surface area contributed by atoms with Gasteiger partial charge in [0.15, 0.2) is 0 Å². The summed E-state index contributed by atoms with van der Waals surface area (Å²) in [4.78, 5) is 17.7. The zero-order valence-electron chi connectivity index (χ0n) is 18.3. The SMILES string of the molecule is CC(C)(COc1ccc(Br)cc1)C(=O)NCCCN1c2ccccc2Sc2ccccc21. The van der Waals surface area contributed by atoms with Gasteiger partial charge in [-0.2, -0.15) is 0 Å². The number of para-hydroxylation sites is 2. The standard InChI is InChI=1S/C26H27BrN2O2S/c1-26(2,18-31-20-14-12-19(27)13-15-20)25(30)28-16-7-17-29-21-8-3-5-10-23(21)32-24-11-6-4-9-22(24)29/h3-6,8-15H,7,16-18H2,1-2H3,(H,28,30). The number of carbonyl (C=O) groups excluding carboxylic acids is 1. The number of ether oxygens (including phenoxy) is 1. The molecule has 0 radical (unpaired) electrons. The molecule has 0 aliphatic carbocycles. The zero-order valence-corrected chi connectivity index (χ0v) is 20.7. The second-order valence-electron chi connectivity index (χ2n) is 8.43. The van der Waals surface area contributed by atoms with Crippen LogP contribution in [0.15, 0.2) is 87.1 Å². The maximum atomic E-state index is 12.8. The van der Waals surface area contributed by atoms with Crippen molar-refractivity contribution in [3.8, 4) is 5.75 Å². The van der Waals surface area contributed by atoms with Crippen molar-refractivity contribution in [2.45, 2.75) is 30.1 Å². The van der Waals surface area contributed by atoms with E-state index in [4.69, 9.17) is 4.74 Å². The van der Waals surface area contributed by atoms with E-state index in [1.165, 1.54) is 21.2 Å². The highest BCUT2D eigenvalue weighted by Crippen LogP contribution is 2.47. The van der Waals surface area contributed by atoms with E-state index < -0.39 is 5.41 Å². The van der Waals surface area contributed by atoms with Crippen LogP contribution in [0, 0.1) is 5.41 Å². The van der Waals surface area contributed by atoms with Crippen molar-refractivity contribution in [3.05, 3.63) is 77.3 Å². The molecule has 0 unspecified atom stereocenters. The van der Waals surface area contributed by atoms with E-state index in [9.17, 15) is 4.79 Å². The van der Waals surface area contributed by atoms with E-state index in [0.29, 0.717) is 13.2 Å². The third-order valence-electron chi connectivity index (χ3n) is 5.40. The molecule has 1 aliphatic rings. The van der Waals surface area contributed by atoms with Gasteiger partial charge in [-0.1, -0.05) is 52.0 Å². The number of carbonyl (C=O) groups is 1. The van der Waals surface area contributed by atoms with Gasteiger partial charge in [-0.15, -0.1) is 0 Å². The van der Waals surface area contributed by atoms with E-state index in [0.717, 1.165) is 23.2 Å². The Kier molecular flexibility index (Phi) is 7.11. The molecule has 0 fully saturated rings. The number of benzene rings is 3. The van der Waals surface area contributed by atoms with Crippen LogP contribution in [0.2, 0.25) is 0 Å². The van der Waals surface area contributed by atoms with Crippen molar-refractivity contribution >= 4 is 45.0 Å². The van der Waals surface area contributed by atoms with Gasteiger partial charge in [0.2, 0.25) is 5.91 Å². The summed E-state index contributed by atoms with van der Waals surface area (Å²) in [5, 5.41) is 3.10. The number of nitrogens with one attached hydrogen (secondary N) is 1. The Morgan fingerprint density at radius 2 is 1.56 bits per heavy atom. The fourth-order valence-electron chi connectivity index (χ4n) is 3.56. The predicted octanol–water partition coefficient (Wildman–Crippen LogP) is 6.66. The van der Waals surface area contributed by atoms with Gasteiger partial charge in [0, 0.05) is 27.4 Å². The maximum absolute atomic E-state index is 12.8. The monoisotopic (exact) mass is 510 g/mol. The van der Waals surface area contributed by atoms with Gasteiger partial charge >= 0.3 is 0 Å². The Bertz CT molecular complexity index is 1040. The van der Waals surface area contributed by atoms with Gasteiger partial charge in [-0.25, -0.2) is 0 Å². The van der Waals surface area contributed by atoms with Crippen LogP contribution in [0.5, 0.6) is 5.75 Å². The van der Waals surface area contributed by atoms with Crippen LogP contribution in [0.4, 0.5) is 11.4 Å². The van der Waals surface area contributed by atoms with Crippen molar-refractivity contribution < 1.29 is 9.53 Å². The van der Waals surface area contributed by atoms with Crippen LogP contribution < -0.4 is 15.0 Å². The number of hydrogen-bond donors (Lipinski definition) is 1. The predicted molar refractivity (Wildman–Crippen MR) is 135 cm³/mol. The first-order valence-corrected chi connectivity index (χ1v) is 12.4. The number of rotatable bonds is 8. The van der Waals surface area contributed by atoms with E-state index >= 15 is 0 Å². The van der Waals surface area contributed by atoms with Crippen LogP contribution in [0.25, 0.3) is 0 Å². The molecule has 6 heteroatoms. The van der Waals surface area contributed by atoms with Crippen LogP contribution in [-0.2, 0) is 4.79 Å². The van der Waals surface area contributed by atoms with E-state index in [-0.39, 0.29) is 5.91 Å². The molecular weight excluding hydrogens is 484 g/mol. The van der Waals surface area contributed by atoms with Gasteiger partial charge in [0.25, 0.3) is 0 Å². The molecule has 1 heterocycles. The Morgan fingerprint density at radius 3 is 2.19 bits per heavy atom. The van der Waals surface area contributed by atoms with E-state index in [1.54, 1.807) is 0 Å². The molecule has 3 aromatic carbocycles. The van der Waals surface area contributed by atoms with Crippen molar-refractivity contribution in [1.29, 1.82) is 0 Å². The fourth-order valence-corrected chi connectivity index (χ4v) is 4.92. The van der Waals surface area contributed by atoms with Crippen LogP contribution in [0.3, 0.4) is 0 Å². The largest absolute Gasteiger partial charge is 0.492 e. The highest BCUT2D eigenvalue weighted by Gasteiger charge is 2.28. The molecule has 0 saturated heterocycles. The number of hydrogen-bond acceptors (Lipinski definition) is 4. The number of amides is 1.